The SMILES string of the molecule is CCOc1ccc(C(C(=O)NC2CCCC2)N(C(=O)Cn2nnc3ccccc32)c2cccc(C)c2)cc1OC. The van der Waals surface area contributed by atoms with E-state index in [4.69, 9.17) is 9.47 Å². The van der Waals surface area contributed by atoms with Crippen molar-refractivity contribution < 1.29 is 19.1 Å². The van der Waals surface area contributed by atoms with Crippen molar-refractivity contribution in [3.05, 3.63) is 77.9 Å². The first-order valence-corrected chi connectivity index (χ1v) is 13.8. The Morgan fingerprint density at radius 2 is 1.85 bits per heavy atom. The zero-order valence-electron chi connectivity index (χ0n) is 23.2. The number of ether oxygens (including phenoxy) is 2. The number of fused-ring (bicyclic) bond motifs is 1. The fourth-order valence-electron chi connectivity index (χ4n) is 5.35. The monoisotopic (exact) mass is 541 g/mol. The lowest BCUT2D eigenvalue weighted by molar-refractivity contribution is -0.127. The second kappa shape index (κ2) is 12.2. The van der Waals surface area contributed by atoms with Crippen LogP contribution in [0.15, 0.2) is 66.7 Å². The first-order chi connectivity index (χ1) is 19.5. The van der Waals surface area contributed by atoms with Gasteiger partial charge in [0.2, 0.25) is 11.8 Å². The van der Waals surface area contributed by atoms with Gasteiger partial charge >= 0.3 is 0 Å². The van der Waals surface area contributed by atoms with E-state index in [0.29, 0.717) is 34.9 Å². The van der Waals surface area contributed by atoms with E-state index in [1.54, 1.807) is 28.8 Å². The third kappa shape index (κ3) is 5.78. The highest BCUT2D eigenvalue weighted by atomic mass is 16.5. The fraction of sp³-hybridized carbons (Fsp3) is 0.355. The largest absolute Gasteiger partial charge is 0.493 e. The number of nitrogens with one attached hydrogen (secondary N) is 1. The molecule has 1 saturated carbocycles. The number of anilines is 1. The van der Waals surface area contributed by atoms with Crippen LogP contribution in [0.1, 0.15) is 49.8 Å². The van der Waals surface area contributed by atoms with Crippen molar-refractivity contribution in [2.75, 3.05) is 18.6 Å². The molecule has 3 aromatic carbocycles. The first kappa shape index (κ1) is 27.2. The molecule has 1 heterocycles. The minimum atomic E-state index is -0.950. The Hall–Kier alpha value is -4.40. The van der Waals surface area contributed by atoms with Gasteiger partial charge in [0.05, 0.1) is 19.2 Å². The second-order valence-corrected chi connectivity index (χ2v) is 10.1. The van der Waals surface area contributed by atoms with Crippen LogP contribution in [0.4, 0.5) is 5.69 Å². The summed E-state index contributed by atoms with van der Waals surface area (Å²) < 4.78 is 12.9. The van der Waals surface area contributed by atoms with Crippen molar-refractivity contribution in [2.24, 2.45) is 0 Å². The molecule has 0 spiro atoms. The number of amides is 2. The van der Waals surface area contributed by atoms with Crippen LogP contribution in [0.3, 0.4) is 0 Å². The third-order valence-corrected chi connectivity index (χ3v) is 7.27. The molecule has 1 aliphatic rings. The number of benzene rings is 3. The van der Waals surface area contributed by atoms with Gasteiger partial charge < -0.3 is 14.8 Å². The maximum Gasteiger partial charge on any atom is 0.249 e. The van der Waals surface area contributed by atoms with Crippen LogP contribution >= 0.6 is 0 Å². The van der Waals surface area contributed by atoms with E-state index >= 15 is 0 Å². The lowest BCUT2D eigenvalue weighted by Crippen LogP contribution is -2.47. The van der Waals surface area contributed by atoms with Gasteiger partial charge in [-0.05, 0) is 74.2 Å². The Morgan fingerprint density at radius 3 is 2.60 bits per heavy atom. The highest BCUT2D eigenvalue weighted by molar-refractivity contribution is 6.01. The van der Waals surface area contributed by atoms with E-state index in [0.717, 1.165) is 36.8 Å². The molecule has 1 unspecified atom stereocenters. The Labute approximate surface area is 234 Å². The smallest absolute Gasteiger partial charge is 0.249 e. The maximum absolute atomic E-state index is 14.2. The first-order valence-electron chi connectivity index (χ1n) is 13.8. The lowest BCUT2D eigenvalue weighted by Gasteiger charge is -2.33. The molecule has 9 heteroatoms. The molecule has 0 radical (unpaired) electrons. The molecule has 0 bridgehead atoms. The average Bonchev–Trinajstić information content (AvgIpc) is 3.62. The van der Waals surface area contributed by atoms with Gasteiger partial charge in [0.15, 0.2) is 11.5 Å². The number of nitrogens with zero attached hydrogens (tertiary/aromatic N) is 4. The van der Waals surface area contributed by atoms with Crippen LogP contribution in [0.5, 0.6) is 11.5 Å². The van der Waals surface area contributed by atoms with Crippen molar-refractivity contribution >= 4 is 28.5 Å². The summed E-state index contributed by atoms with van der Waals surface area (Å²) in [5, 5.41) is 11.7. The summed E-state index contributed by atoms with van der Waals surface area (Å²) in [6.45, 7) is 4.25. The highest BCUT2D eigenvalue weighted by Crippen LogP contribution is 2.35. The zero-order chi connectivity index (χ0) is 28.1. The van der Waals surface area contributed by atoms with E-state index in [-0.39, 0.29) is 24.4 Å². The molecule has 1 aromatic heterocycles. The Bertz CT molecular complexity index is 1490. The standard InChI is InChI=1S/C31H35N5O4/c1-4-40-27-17-16-22(19-28(27)39-3)30(31(38)32-23-11-5-6-12-23)36(24-13-9-10-21(2)18-24)29(37)20-35-26-15-8-7-14-25(26)33-34-35/h7-10,13-19,23,30H,4-6,11-12,20H2,1-3H3,(H,32,38). The van der Waals surface area contributed by atoms with E-state index in [1.807, 2.05) is 68.4 Å². The molecule has 40 heavy (non-hydrogen) atoms. The Kier molecular flexibility index (Phi) is 8.28. The number of hydrogen-bond donors (Lipinski definition) is 1. The molecule has 9 nitrogen and oxygen atoms in total. The van der Waals surface area contributed by atoms with Crippen LogP contribution in [-0.4, -0.2) is 46.6 Å². The van der Waals surface area contributed by atoms with Gasteiger partial charge in [-0.15, -0.1) is 5.10 Å². The Morgan fingerprint density at radius 1 is 1.05 bits per heavy atom. The van der Waals surface area contributed by atoms with Crippen LogP contribution in [0.2, 0.25) is 0 Å². The molecule has 4 aromatic rings. The van der Waals surface area contributed by atoms with Gasteiger partial charge in [-0.25, -0.2) is 4.68 Å². The number of para-hydroxylation sites is 1. The summed E-state index contributed by atoms with van der Waals surface area (Å²) in [4.78, 5) is 29.9. The second-order valence-electron chi connectivity index (χ2n) is 10.1. The number of hydrogen-bond acceptors (Lipinski definition) is 6. The van der Waals surface area contributed by atoms with Crippen LogP contribution < -0.4 is 19.7 Å². The van der Waals surface area contributed by atoms with Gasteiger partial charge in [0, 0.05) is 11.7 Å². The topological polar surface area (TPSA) is 98.6 Å². The number of aromatic nitrogens is 3. The molecule has 2 amide bonds. The quantitative estimate of drug-likeness (QED) is 0.304. The number of methoxy groups -OCH3 is 1. The third-order valence-electron chi connectivity index (χ3n) is 7.27. The molecule has 1 atom stereocenters. The van der Waals surface area contributed by atoms with Gasteiger partial charge in [0.25, 0.3) is 0 Å². The zero-order valence-corrected chi connectivity index (χ0v) is 23.2. The summed E-state index contributed by atoms with van der Waals surface area (Å²) >= 11 is 0. The molecule has 1 aliphatic carbocycles. The van der Waals surface area contributed by atoms with Gasteiger partial charge in [0.1, 0.15) is 18.1 Å². The maximum atomic E-state index is 14.2. The van der Waals surface area contributed by atoms with Gasteiger partial charge in [-0.1, -0.05) is 48.4 Å². The van der Waals surface area contributed by atoms with Crippen LogP contribution in [0.25, 0.3) is 11.0 Å². The molecule has 5 rings (SSSR count). The number of carbonyl (C=O) groups is 2. The van der Waals surface area contributed by atoms with Gasteiger partial charge in [-0.2, -0.15) is 0 Å². The van der Waals surface area contributed by atoms with Crippen molar-refractivity contribution in [2.45, 2.75) is 58.2 Å². The number of carbonyl (C=O) groups excluding carboxylic acids is 2. The molecule has 208 valence electrons. The van der Waals surface area contributed by atoms with E-state index < -0.39 is 6.04 Å². The predicted molar refractivity (Wildman–Crippen MR) is 153 cm³/mol. The van der Waals surface area contributed by atoms with Crippen molar-refractivity contribution in [3.63, 3.8) is 0 Å². The fourth-order valence-corrected chi connectivity index (χ4v) is 5.35. The van der Waals surface area contributed by atoms with Gasteiger partial charge in [-0.3, -0.25) is 14.5 Å². The normalized spacial score (nSPS) is 14.2. The van der Waals surface area contributed by atoms with Crippen molar-refractivity contribution in [1.82, 2.24) is 20.3 Å². The van der Waals surface area contributed by atoms with Crippen LogP contribution in [-0.2, 0) is 16.1 Å². The summed E-state index contributed by atoms with van der Waals surface area (Å²) in [6, 6.07) is 19.6. The summed E-state index contributed by atoms with van der Waals surface area (Å²) in [6.07, 6.45) is 4.00. The van der Waals surface area contributed by atoms with E-state index in [1.165, 1.54) is 0 Å². The molecule has 0 saturated heterocycles. The lowest BCUT2D eigenvalue weighted by atomic mass is 10.0. The van der Waals surface area contributed by atoms with Crippen molar-refractivity contribution in [1.29, 1.82) is 0 Å². The molecule has 1 fully saturated rings. The Balaban J connectivity index is 1.60. The summed E-state index contributed by atoms with van der Waals surface area (Å²) in [5.74, 6) is 0.542. The molecule has 1 N–H and O–H groups in total. The van der Waals surface area contributed by atoms with Crippen molar-refractivity contribution in [3.8, 4) is 11.5 Å². The number of rotatable bonds is 10. The molecule has 0 aliphatic heterocycles. The van der Waals surface area contributed by atoms with E-state index in [9.17, 15) is 9.59 Å². The minimum Gasteiger partial charge on any atom is -0.493 e. The number of aryl methyl sites for hydroxylation is 1. The molecular formula is C31H35N5O4. The van der Waals surface area contributed by atoms with Crippen LogP contribution in [0, 0.1) is 6.92 Å². The predicted octanol–water partition coefficient (Wildman–Crippen LogP) is 4.98. The highest BCUT2D eigenvalue weighted by Gasteiger charge is 2.35. The minimum absolute atomic E-state index is 0.0771. The molecular weight excluding hydrogens is 506 g/mol. The van der Waals surface area contributed by atoms with E-state index in [2.05, 4.69) is 15.6 Å². The summed E-state index contributed by atoms with van der Waals surface area (Å²) in [5.41, 5.74) is 3.66. The summed E-state index contributed by atoms with van der Waals surface area (Å²) in [7, 11) is 1.56. The average molecular weight is 542 g/mol.